The zero-order valence-corrected chi connectivity index (χ0v) is 18.9. The maximum atomic E-state index is 14.5. The quantitative estimate of drug-likeness (QED) is 0.556. The number of para-hydroxylation sites is 1. The molecule has 0 heterocycles. The van der Waals surface area contributed by atoms with Crippen LogP contribution < -0.4 is 15.0 Å². The number of halogens is 1. The van der Waals surface area contributed by atoms with Crippen molar-refractivity contribution >= 4 is 23.2 Å². The molecule has 3 rings (SSSR count). The Balaban J connectivity index is 2.07. The van der Waals surface area contributed by atoms with Gasteiger partial charge in [-0.2, -0.15) is 0 Å². The number of ether oxygens (including phenoxy) is 1. The second-order valence-corrected chi connectivity index (χ2v) is 8.10. The zero-order chi connectivity index (χ0) is 23.5. The van der Waals surface area contributed by atoms with Gasteiger partial charge in [-0.05, 0) is 75.2 Å². The third kappa shape index (κ3) is 4.49. The fourth-order valence-electron chi connectivity index (χ4n) is 3.56. The number of rotatable bonds is 6. The van der Waals surface area contributed by atoms with Crippen molar-refractivity contribution in [2.75, 3.05) is 17.3 Å². The minimum Gasteiger partial charge on any atom is -0.497 e. The van der Waals surface area contributed by atoms with E-state index in [4.69, 9.17) is 4.74 Å². The van der Waals surface area contributed by atoms with Gasteiger partial charge in [-0.15, -0.1) is 0 Å². The summed E-state index contributed by atoms with van der Waals surface area (Å²) >= 11 is 0. The molecular formula is C26H27FN2O3. The van der Waals surface area contributed by atoms with Crippen LogP contribution in [0.15, 0.2) is 66.7 Å². The molecule has 1 N–H and O–H groups in total. The molecule has 32 heavy (non-hydrogen) atoms. The van der Waals surface area contributed by atoms with Crippen LogP contribution in [0.4, 0.5) is 15.8 Å². The van der Waals surface area contributed by atoms with Crippen LogP contribution in [0.5, 0.6) is 5.75 Å². The maximum absolute atomic E-state index is 14.5. The molecular weight excluding hydrogens is 407 g/mol. The molecule has 0 aliphatic rings. The van der Waals surface area contributed by atoms with E-state index in [1.807, 2.05) is 32.0 Å². The van der Waals surface area contributed by atoms with Gasteiger partial charge < -0.3 is 10.1 Å². The summed E-state index contributed by atoms with van der Waals surface area (Å²) in [5, 5.41) is 2.96. The van der Waals surface area contributed by atoms with Gasteiger partial charge in [0.25, 0.3) is 5.91 Å². The number of carbonyl (C=O) groups is 2. The molecule has 2 amide bonds. The number of nitrogens with zero attached hydrogens (tertiary/aromatic N) is 1. The molecule has 0 spiro atoms. The van der Waals surface area contributed by atoms with Gasteiger partial charge in [0.15, 0.2) is 0 Å². The van der Waals surface area contributed by atoms with Crippen molar-refractivity contribution in [1.82, 2.24) is 0 Å². The topological polar surface area (TPSA) is 58.6 Å². The summed E-state index contributed by atoms with van der Waals surface area (Å²) in [5.41, 5.74) is 1.49. The molecule has 0 unspecified atom stereocenters. The summed E-state index contributed by atoms with van der Waals surface area (Å²) in [7, 11) is 1.54. The van der Waals surface area contributed by atoms with Crippen LogP contribution in [0.25, 0.3) is 0 Å². The third-order valence-electron chi connectivity index (χ3n) is 5.47. The van der Waals surface area contributed by atoms with Gasteiger partial charge in [-0.3, -0.25) is 14.5 Å². The molecule has 3 aromatic carbocycles. The number of hydrogen-bond donors (Lipinski definition) is 1. The number of aryl methyl sites for hydroxylation is 2. The Kier molecular flexibility index (Phi) is 6.63. The molecule has 0 atom stereocenters. The first kappa shape index (κ1) is 23.0. The van der Waals surface area contributed by atoms with Crippen molar-refractivity contribution in [3.05, 3.63) is 89.2 Å². The monoisotopic (exact) mass is 434 g/mol. The van der Waals surface area contributed by atoms with E-state index in [1.54, 1.807) is 51.3 Å². The highest BCUT2D eigenvalue weighted by Crippen LogP contribution is 2.31. The fourth-order valence-corrected chi connectivity index (χ4v) is 3.56. The molecule has 5 nitrogen and oxygen atoms in total. The lowest BCUT2D eigenvalue weighted by molar-refractivity contribution is -0.120. The van der Waals surface area contributed by atoms with Crippen molar-refractivity contribution in [2.24, 2.45) is 0 Å². The van der Waals surface area contributed by atoms with Crippen LogP contribution in [0.3, 0.4) is 0 Å². The van der Waals surface area contributed by atoms with E-state index in [0.29, 0.717) is 17.1 Å². The summed E-state index contributed by atoms with van der Waals surface area (Å²) in [6.07, 6.45) is 0. The molecule has 0 aromatic heterocycles. The van der Waals surface area contributed by atoms with Crippen LogP contribution in [-0.2, 0) is 4.79 Å². The van der Waals surface area contributed by atoms with E-state index in [9.17, 15) is 14.0 Å². The first-order valence-corrected chi connectivity index (χ1v) is 10.3. The molecule has 0 fully saturated rings. The number of amides is 2. The van der Waals surface area contributed by atoms with Crippen LogP contribution in [-0.4, -0.2) is 24.5 Å². The van der Waals surface area contributed by atoms with E-state index in [0.717, 1.165) is 11.1 Å². The predicted molar refractivity (Wildman–Crippen MR) is 125 cm³/mol. The zero-order valence-electron chi connectivity index (χ0n) is 18.9. The average Bonchev–Trinajstić information content (AvgIpc) is 2.77. The van der Waals surface area contributed by atoms with Crippen LogP contribution in [0, 0.1) is 19.7 Å². The Labute approximate surface area is 187 Å². The van der Waals surface area contributed by atoms with E-state index in [1.165, 1.54) is 23.1 Å². The van der Waals surface area contributed by atoms with E-state index < -0.39 is 23.2 Å². The second kappa shape index (κ2) is 9.22. The smallest absolute Gasteiger partial charge is 0.262 e. The van der Waals surface area contributed by atoms with E-state index in [-0.39, 0.29) is 5.56 Å². The number of nitrogens with one attached hydrogen (secondary N) is 1. The normalized spacial score (nSPS) is 11.1. The molecule has 6 heteroatoms. The molecule has 0 radical (unpaired) electrons. The molecule has 166 valence electrons. The first-order valence-electron chi connectivity index (χ1n) is 10.3. The van der Waals surface area contributed by atoms with Crippen LogP contribution >= 0.6 is 0 Å². The van der Waals surface area contributed by atoms with E-state index in [2.05, 4.69) is 5.32 Å². The highest BCUT2D eigenvalue weighted by Gasteiger charge is 2.40. The second-order valence-electron chi connectivity index (χ2n) is 8.10. The van der Waals surface area contributed by atoms with Gasteiger partial charge in [0.05, 0.1) is 12.7 Å². The number of benzene rings is 3. The Hall–Kier alpha value is -3.67. The summed E-state index contributed by atoms with van der Waals surface area (Å²) in [4.78, 5) is 28.3. The van der Waals surface area contributed by atoms with E-state index >= 15 is 0 Å². The molecule has 0 saturated carbocycles. The molecule has 3 aromatic rings. The number of hydrogen-bond acceptors (Lipinski definition) is 3. The minimum atomic E-state index is -1.34. The van der Waals surface area contributed by atoms with Gasteiger partial charge in [0.2, 0.25) is 5.91 Å². The summed E-state index contributed by atoms with van der Waals surface area (Å²) in [6.45, 7) is 7.08. The standard InChI is InChI=1S/C26H27FN2O3/c1-17-9-8-10-18(2)23(17)28-25(31)26(3,4)29(19-13-15-20(32-5)16-14-19)24(30)21-11-6-7-12-22(21)27/h6-16H,1-5H3,(H,28,31). The lowest BCUT2D eigenvalue weighted by Gasteiger charge is -2.37. The summed E-state index contributed by atoms with van der Waals surface area (Å²) in [5.74, 6) is -1.06. The van der Waals surface area contributed by atoms with Crippen molar-refractivity contribution in [2.45, 2.75) is 33.2 Å². The summed E-state index contributed by atoms with van der Waals surface area (Å²) in [6, 6.07) is 18.2. The van der Waals surface area contributed by atoms with Gasteiger partial charge in [0.1, 0.15) is 17.1 Å². The SMILES string of the molecule is COc1ccc(N(C(=O)c2ccccc2F)C(C)(C)C(=O)Nc2c(C)cccc2C)cc1. The molecule has 0 saturated heterocycles. The predicted octanol–water partition coefficient (Wildman–Crippen LogP) is 5.52. The van der Waals surface area contributed by atoms with Crippen molar-refractivity contribution in [3.63, 3.8) is 0 Å². The van der Waals surface area contributed by atoms with Gasteiger partial charge in [0, 0.05) is 11.4 Å². The van der Waals surface area contributed by atoms with Gasteiger partial charge in [-0.25, -0.2) is 4.39 Å². The van der Waals surface area contributed by atoms with Gasteiger partial charge >= 0.3 is 0 Å². The van der Waals surface area contributed by atoms with Crippen molar-refractivity contribution < 1.29 is 18.7 Å². The highest BCUT2D eigenvalue weighted by atomic mass is 19.1. The molecule has 0 aliphatic heterocycles. The number of anilines is 2. The Bertz CT molecular complexity index is 1120. The molecule has 0 bridgehead atoms. The van der Waals surface area contributed by atoms with Crippen molar-refractivity contribution in [1.29, 1.82) is 0 Å². The maximum Gasteiger partial charge on any atom is 0.262 e. The van der Waals surface area contributed by atoms with Crippen molar-refractivity contribution in [3.8, 4) is 5.75 Å². The highest BCUT2D eigenvalue weighted by molar-refractivity contribution is 6.13. The minimum absolute atomic E-state index is 0.115. The largest absolute Gasteiger partial charge is 0.497 e. The Morgan fingerprint density at radius 2 is 1.50 bits per heavy atom. The fraction of sp³-hybridized carbons (Fsp3) is 0.231. The Morgan fingerprint density at radius 3 is 2.06 bits per heavy atom. The molecule has 0 aliphatic carbocycles. The van der Waals surface area contributed by atoms with Crippen LogP contribution in [0.1, 0.15) is 35.3 Å². The number of methoxy groups -OCH3 is 1. The third-order valence-corrected chi connectivity index (χ3v) is 5.47. The van der Waals surface area contributed by atoms with Gasteiger partial charge in [-0.1, -0.05) is 30.3 Å². The Morgan fingerprint density at radius 1 is 0.906 bits per heavy atom. The lowest BCUT2D eigenvalue weighted by Crippen LogP contribution is -2.56. The lowest BCUT2D eigenvalue weighted by atomic mass is 9.97. The average molecular weight is 435 g/mol. The van der Waals surface area contributed by atoms with Crippen LogP contribution in [0.2, 0.25) is 0 Å². The summed E-state index contributed by atoms with van der Waals surface area (Å²) < 4.78 is 19.7. The number of carbonyl (C=O) groups excluding carboxylic acids is 2. The first-order chi connectivity index (χ1) is 15.2.